The molecule has 0 aliphatic rings. The van der Waals surface area contributed by atoms with E-state index in [0.29, 0.717) is 0 Å². The number of ether oxygens (including phenoxy) is 1. The van der Waals surface area contributed by atoms with Crippen molar-refractivity contribution in [1.29, 1.82) is 0 Å². The number of nitrogens with one attached hydrogen (secondary N) is 2. The van der Waals surface area contributed by atoms with Crippen LogP contribution in [0.5, 0.6) is 5.75 Å². The van der Waals surface area contributed by atoms with Gasteiger partial charge < -0.3 is 14.7 Å². The molecule has 3 aromatic carbocycles. The van der Waals surface area contributed by atoms with Gasteiger partial charge in [-0.3, -0.25) is 0 Å². The molecule has 6 aromatic rings. The fourth-order valence-corrected chi connectivity index (χ4v) is 4.32. The van der Waals surface area contributed by atoms with Gasteiger partial charge >= 0.3 is 0 Å². The molecule has 0 saturated carbocycles. The van der Waals surface area contributed by atoms with Crippen molar-refractivity contribution in [1.82, 2.24) is 15.0 Å². The number of pyridine rings is 1. The normalized spacial score (nSPS) is 11.3. The van der Waals surface area contributed by atoms with E-state index in [9.17, 15) is 0 Å². The number of fused-ring (bicyclic) bond motifs is 2. The van der Waals surface area contributed by atoms with Crippen LogP contribution in [0.25, 0.3) is 55.4 Å². The van der Waals surface area contributed by atoms with E-state index in [1.807, 2.05) is 36.7 Å². The Morgan fingerprint density at radius 1 is 0.625 bits per heavy atom. The van der Waals surface area contributed by atoms with Crippen LogP contribution in [0.1, 0.15) is 0 Å². The monoisotopic (exact) mass is 415 g/mol. The number of benzene rings is 3. The van der Waals surface area contributed by atoms with E-state index in [0.717, 1.165) is 61.2 Å². The first-order valence-electron chi connectivity index (χ1n) is 10.6. The van der Waals surface area contributed by atoms with Crippen LogP contribution >= 0.6 is 0 Å². The highest BCUT2D eigenvalue weighted by Gasteiger charge is 2.14. The number of para-hydroxylation sites is 2. The molecule has 0 fully saturated rings. The lowest BCUT2D eigenvalue weighted by molar-refractivity contribution is 0.415. The summed E-state index contributed by atoms with van der Waals surface area (Å²) < 4.78 is 5.35. The van der Waals surface area contributed by atoms with Gasteiger partial charge in [0.2, 0.25) is 0 Å². The van der Waals surface area contributed by atoms with Gasteiger partial charge in [-0.2, -0.15) is 0 Å². The van der Waals surface area contributed by atoms with Crippen LogP contribution in [-0.2, 0) is 0 Å². The maximum Gasteiger partial charge on any atom is 0.118 e. The first kappa shape index (κ1) is 18.5. The Bertz CT molecular complexity index is 1470. The van der Waals surface area contributed by atoms with Gasteiger partial charge in [-0.15, -0.1) is 0 Å². The van der Waals surface area contributed by atoms with Crippen molar-refractivity contribution in [2.45, 2.75) is 0 Å². The van der Waals surface area contributed by atoms with Gasteiger partial charge in [0.1, 0.15) is 5.75 Å². The van der Waals surface area contributed by atoms with Gasteiger partial charge in [-0.05, 0) is 47.5 Å². The summed E-state index contributed by atoms with van der Waals surface area (Å²) in [5, 5.41) is 2.33. The van der Waals surface area contributed by atoms with Gasteiger partial charge in [0.25, 0.3) is 0 Å². The smallest absolute Gasteiger partial charge is 0.118 e. The van der Waals surface area contributed by atoms with Gasteiger partial charge in [-0.25, -0.2) is 4.98 Å². The molecule has 0 atom stereocenters. The SMILES string of the molecule is COc1ccc(-c2cc(-c3c[nH]c4ccccc34)nc(-c3c[nH]c4ccccc34)c2)cc1. The van der Waals surface area contributed by atoms with E-state index in [-0.39, 0.29) is 0 Å². The minimum absolute atomic E-state index is 0.844. The average molecular weight is 415 g/mol. The van der Waals surface area contributed by atoms with Crippen LogP contribution in [0.2, 0.25) is 0 Å². The first-order valence-corrected chi connectivity index (χ1v) is 10.6. The van der Waals surface area contributed by atoms with Crippen LogP contribution in [0, 0.1) is 0 Å². The molecule has 0 bridgehead atoms. The largest absolute Gasteiger partial charge is 0.497 e. The van der Waals surface area contributed by atoms with Crippen LogP contribution in [0.15, 0.2) is 97.3 Å². The van der Waals surface area contributed by atoms with E-state index in [1.54, 1.807) is 7.11 Å². The molecule has 0 spiro atoms. The van der Waals surface area contributed by atoms with Crippen molar-refractivity contribution in [2.24, 2.45) is 0 Å². The van der Waals surface area contributed by atoms with Crippen molar-refractivity contribution >= 4 is 21.8 Å². The Morgan fingerprint density at radius 2 is 1.16 bits per heavy atom. The maximum absolute atomic E-state index is 5.35. The van der Waals surface area contributed by atoms with E-state index in [1.165, 1.54) is 0 Å². The highest BCUT2D eigenvalue weighted by atomic mass is 16.5. The molecule has 32 heavy (non-hydrogen) atoms. The lowest BCUT2D eigenvalue weighted by Gasteiger charge is -2.10. The molecule has 0 radical (unpaired) electrons. The van der Waals surface area contributed by atoms with Crippen molar-refractivity contribution in [3.05, 3.63) is 97.3 Å². The molecule has 0 unspecified atom stereocenters. The molecular formula is C28H21N3O. The Hall–Kier alpha value is -4.31. The third kappa shape index (κ3) is 3.05. The number of aromatic nitrogens is 3. The number of hydrogen-bond donors (Lipinski definition) is 2. The summed E-state index contributed by atoms with van der Waals surface area (Å²) in [6.07, 6.45) is 4.09. The summed E-state index contributed by atoms with van der Waals surface area (Å²) in [6, 6.07) is 29.1. The Kier molecular flexibility index (Phi) is 4.29. The molecule has 3 heterocycles. The molecule has 0 amide bonds. The van der Waals surface area contributed by atoms with Crippen LogP contribution in [0.4, 0.5) is 0 Å². The van der Waals surface area contributed by atoms with Gasteiger partial charge in [-0.1, -0.05) is 48.5 Å². The molecule has 3 aromatic heterocycles. The zero-order valence-corrected chi connectivity index (χ0v) is 17.6. The van der Waals surface area contributed by atoms with Crippen LogP contribution in [-0.4, -0.2) is 22.1 Å². The summed E-state index contributed by atoms with van der Waals surface area (Å²) >= 11 is 0. The van der Waals surface area contributed by atoms with Crippen molar-refractivity contribution < 1.29 is 4.74 Å². The molecule has 4 heteroatoms. The second kappa shape index (κ2) is 7.43. The number of H-pyrrole nitrogens is 2. The first-order chi connectivity index (χ1) is 15.8. The van der Waals surface area contributed by atoms with Crippen molar-refractivity contribution in [3.63, 3.8) is 0 Å². The molecule has 0 aliphatic heterocycles. The van der Waals surface area contributed by atoms with E-state index >= 15 is 0 Å². The Morgan fingerprint density at radius 3 is 1.69 bits per heavy atom. The molecule has 154 valence electrons. The third-order valence-electron chi connectivity index (χ3n) is 5.98. The topological polar surface area (TPSA) is 53.7 Å². The Labute approximate surface area is 185 Å². The number of methoxy groups -OCH3 is 1. The number of rotatable bonds is 4. The summed E-state index contributed by atoms with van der Waals surface area (Å²) in [6.45, 7) is 0. The third-order valence-corrected chi connectivity index (χ3v) is 5.98. The van der Waals surface area contributed by atoms with Crippen molar-refractivity contribution in [2.75, 3.05) is 7.11 Å². The quantitative estimate of drug-likeness (QED) is 0.324. The van der Waals surface area contributed by atoms with Crippen LogP contribution < -0.4 is 4.74 Å². The second-order valence-electron chi connectivity index (χ2n) is 7.85. The zero-order valence-electron chi connectivity index (χ0n) is 17.6. The molecule has 0 saturated heterocycles. The predicted octanol–water partition coefficient (Wildman–Crippen LogP) is 7.05. The number of aromatic amines is 2. The standard InChI is InChI=1S/C28H21N3O/c1-32-20-12-10-18(11-13-20)19-14-27(23-16-29-25-8-4-2-6-21(23)25)31-28(15-19)24-17-30-26-9-5-3-7-22(24)26/h2-17,29-30H,1H3. The minimum Gasteiger partial charge on any atom is -0.497 e. The fourth-order valence-electron chi connectivity index (χ4n) is 4.32. The van der Waals surface area contributed by atoms with Gasteiger partial charge in [0.15, 0.2) is 0 Å². The second-order valence-corrected chi connectivity index (χ2v) is 7.85. The Balaban J connectivity index is 1.59. The summed E-state index contributed by atoms with van der Waals surface area (Å²) in [4.78, 5) is 11.9. The molecule has 0 aliphatic carbocycles. The highest BCUT2D eigenvalue weighted by molar-refractivity contribution is 5.98. The maximum atomic E-state index is 5.35. The molecule has 6 rings (SSSR count). The molecule has 4 nitrogen and oxygen atoms in total. The van der Waals surface area contributed by atoms with Crippen LogP contribution in [0.3, 0.4) is 0 Å². The minimum atomic E-state index is 0.844. The zero-order chi connectivity index (χ0) is 21.5. The summed E-state index contributed by atoms with van der Waals surface area (Å²) in [5.74, 6) is 0.844. The van der Waals surface area contributed by atoms with Gasteiger partial charge in [0.05, 0.1) is 18.5 Å². The lowest BCUT2D eigenvalue weighted by atomic mass is 9.99. The average Bonchev–Trinajstić information content (AvgIpc) is 3.48. The van der Waals surface area contributed by atoms with Crippen molar-refractivity contribution in [3.8, 4) is 39.4 Å². The number of nitrogens with zero attached hydrogens (tertiary/aromatic N) is 1. The molecular weight excluding hydrogens is 394 g/mol. The van der Waals surface area contributed by atoms with E-state index in [2.05, 4.69) is 70.6 Å². The summed E-state index contributed by atoms with van der Waals surface area (Å²) in [5.41, 5.74) is 8.51. The summed E-state index contributed by atoms with van der Waals surface area (Å²) in [7, 11) is 1.69. The van der Waals surface area contributed by atoms with E-state index in [4.69, 9.17) is 9.72 Å². The fraction of sp³-hybridized carbons (Fsp3) is 0.0357. The van der Waals surface area contributed by atoms with E-state index < -0.39 is 0 Å². The highest BCUT2D eigenvalue weighted by Crippen LogP contribution is 2.35. The molecule has 2 N–H and O–H groups in total. The number of hydrogen-bond acceptors (Lipinski definition) is 2. The predicted molar refractivity (Wildman–Crippen MR) is 131 cm³/mol. The lowest BCUT2D eigenvalue weighted by Crippen LogP contribution is -1.91. The van der Waals surface area contributed by atoms with Gasteiger partial charge in [0, 0.05) is 45.3 Å².